The third kappa shape index (κ3) is 4.52. The molecule has 0 bridgehead atoms. The van der Waals surface area contributed by atoms with E-state index < -0.39 is 0 Å². The van der Waals surface area contributed by atoms with Gasteiger partial charge >= 0.3 is 0 Å². The van der Waals surface area contributed by atoms with E-state index in [0.29, 0.717) is 6.54 Å². The van der Waals surface area contributed by atoms with Crippen molar-refractivity contribution in [1.29, 1.82) is 0 Å². The summed E-state index contributed by atoms with van der Waals surface area (Å²) < 4.78 is 11.9. The first kappa shape index (κ1) is 20.5. The fraction of sp³-hybridized carbons (Fsp3) is 0.174. The van der Waals surface area contributed by atoms with Gasteiger partial charge < -0.3 is 20.1 Å². The van der Waals surface area contributed by atoms with Crippen LogP contribution in [0.3, 0.4) is 0 Å². The third-order valence-electron chi connectivity index (χ3n) is 4.82. The molecule has 0 radical (unpaired) electrons. The largest absolute Gasteiger partial charge is 0.497 e. The smallest absolute Gasteiger partial charge is 0.134 e. The van der Waals surface area contributed by atoms with Crippen LogP contribution >= 0.6 is 27.3 Å². The second-order valence-electron chi connectivity index (χ2n) is 6.68. The highest BCUT2D eigenvalue weighted by Gasteiger charge is 2.09. The first-order valence-electron chi connectivity index (χ1n) is 9.47. The molecule has 0 unspecified atom stereocenters. The Morgan fingerprint density at radius 3 is 2.63 bits per heavy atom. The molecule has 0 aliphatic heterocycles. The van der Waals surface area contributed by atoms with Crippen molar-refractivity contribution < 1.29 is 9.47 Å². The number of fused-ring (bicyclic) bond motifs is 1. The third-order valence-corrected chi connectivity index (χ3v) is 6.52. The van der Waals surface area contributed by atoms with Gasteiger partial charge in [-0.2, -0.15) is 0 Å². The second kappa shape index (κ2) is 9.36. The van der Waals surface area contributed by atoms with E-state index >= 15 is 0 Å². The van der Waals surface area contributed by atoms with Crippen molar-refractivity contribution in [3.8, 4) is 11.5 Å². The Morgan fingerprint density at radius 1 is 0.967 bits per heavy atom. The molecule has 30 heavy (non-hydrogen) atoms. The molecule has 0 saturated heterocycles. The Balaban J connectivity index is 1.55. The molecular formula is C23H22BrN3O2S. The van der Waals surface area contributed by atoms with Gasteiger partial charge in [0.1, 0.15) is 17.3 Å². The Kier molecular flexibility index (Phi) is 6.40. The maximum Gasteiger partial charge on any atom is 0.134 e. The number of nitrogens with zero attached hydrogens (tertiary/aromatic N) is 1. The molecule has 0 fully saturated rings. The van der Waals surface area contributed by atoms with Gasteiger partial charge in [0.2, 0.25) is 0 Å². The van der Waals surface area contributed by atoms with Crippen molar-refractivity contribution in [2.75, 3.05) is 24.9 Å². The van der Waals surface area contributed by atoms with Crippen LogP contribution in [0.2, 0.25) is 0 Å². The number of ether oxygens (including phenoxy) is 2. The summed E-state index contributed by atoms with van der Waals surface area (Å²) in [6.07, 6.45) is 1.84. The minimum absolute atomic E-state index is 0.597. The van der Waals surface area contributed by atoms with Crippen molar-refractivity contribution in [2.45, 2.75) is 13.1 Å². The molecule has 0 atom stereocenters. The summed E-state index contributed by atoms with van der Waals surface area (Å²) in [6, 6.07) is 16.2. The van der Waals surface area contributed by atoms with Gasteiger partial charge in [0.25, 0.3) is 0 Å². The van der Waals surface area contributed by atoms with Crippen LogP contribution in [-0.2, 0) is 13.1 Å². The number of thiophene rings is 1. The van der Waals surface area contributed by atoms with Crippen LogP contribution in [0.15, 0.2) is 64.6 Å². The summed E-state index contributed by atoms with van der Waals surface area (Å²) in [5.74, 6) is 2.40. The predicted molar refractivity (Wildman–Crippen MR) is 128 cm³/mol. The predicted octanol–water partition coefficient (Wildman–Crippen LogP) is 6.30. The average Bonchev–Trinajstić information content (AvgIpc) is 3.21. The van der Waals surface area contributed by atoms with Crippen LogP contribution < -0.4 is 20.1 Å². The van der Waals surface area contributed by atoms with Gasteiger partial charge in [-0.3, -0.25) is 0 Å². The van der Waals surface area contributed by atoms with Crippen LogP contribution in [0.4, 0.5) is 11.5 Å². The summed E-state index contributed by atoms with van der Waals surface area (Å²) in [4.78, 5) is 5.84. The fourth-order valence-corrected chi connectivity index (χ4v) is 4.70. The average molecular weight is 484 g/mol. The molecule has 154 valence electrons. The van der Waals surface area contributed by atoms with Crippen molar-refractivity contribution in [3.05, 3.63) is 75.0 Å². The zero-order valence-corrected chi connectivity index (χ0v) is 19.1. The van der Waals surface area contributed by atoms with Gasteiger partial charge in [-0.25, -0.2) is 4.98 Å². The first-order valence-corrected chi connectivity index (χ1v) is 11.1. The first-order chi connectivity index (χ1) is 14.7. The molecule has 4 rings (SSSR count). The lowest BCUT2D eigenvalue weighted by atomic mass is 10.1. The van der Waals surface area contributed by atoms with Crippen molar-refractivity contribution in [1.82, 2.24) is 4.98 Å². The summed E-state index contributed by atoms with van der Waals surface area (Å²) in [5.41, 5.74) is 2.12. The van der Waals surface area contributed by atoms with Crippen LogP contribution in [0, 0.1) is 0 Å². The van der Waals surface area contributed by atoms with Gasteiger partial charge in [0.15, 0.2) is 0 Å². The molecule has 0 aliphatic rings. The molecule has 4 aromatic rings. The van der Waals surface area contributed by atoms with Crippen molar-refractivity contribution >= 4 is 49.5 Å². The summed E-state index contributed by atoms with van der Waals surface area (Å²) in [7, 11) is 3.31. The summed E-state index contributed by atoms with van der Waals surface area (Å²) >= 11 is 5.25. The number of pyridine rings is 1. The van der Waals surface area contributed by atoms with Gasteiger partial charge in [-0.1, -0.05) is 12.1 Å². The number of halogens is 1. The SMILES string of the molecule is COc1ccc(CNc2nccc3c(NCc4cc(Br)cs4)cccc23)c(OC)c1. The van der Waals surface area contributed by atoms with E-state index in [1.54, 1.807) is 25.6 Å². The van der Waals surface area contributed by atoms with E-state index in [1.165, 1.54) is 4.88 Å². The summed E-state index contributed by atoms with van der Waals surface area (Å²) in [5, 5.41) is 11.3. The van der Waals surface area contributed by atoms with E-state index in [0.717, 1.165) is 50.4 Å². The molecule has 0 saturated carbocycles. The summed E-state index contributed by atoms with van der Waals surface area (Å²) in [6.45, 7) is 1.38. The fourth-order valence-electron chi connectivity index (χ4n) is 3.31. The minimum atomic E-state index is 0.597. The van der Waals surface area contributed by atoms with Crippen molar-refractivity contribution in [2.24, 2.45) is 0 Å². The number of hydrogen-bond acceptors (Lipinski definition) is 6. The molecule has 7 heteroatoms. The highest BCUT2D eigenvalue weighted by molar-refractivity contribution is 9.10. The normalized spacial score (nSPS) is 10.8. The standard InChI is InChI=1S/C23H22BrN3O2S/c1-28-17-7-6-15(22(11-17)29-2)12-27-23-20-4-3-5-21(19(20)8-9-25-23)26-13-18-10-16(24)14-30-18/h3-11,14,26H,12-13H2,1-2H3,(H,25,27). The molecule has 0 aliphatic carbocycles. The molecule has 2 aromatic carbocycles. The van der Waals surface area contributed by atoms with Crippen LogP contribution in [-0.4, -0.2) is 19.2 Å². The lowest BCUT2D eigenvalue weighted by Crippen LogP contribution is -2.04. The van der Waals surface area contributed by atoms with E-state index in [4.69, 9.17) is 9.47 Å². The number of anilines is 2. The van der Waals surface area contributed by atoms with Gasteiger partial charge in [-0.05, 0) is 46.3 Å². The molecular weight excluding hydrogens is 462 g/mol. The molecule has 5 nitrogen and oxygen atoms in total. The Morgan fingerprint density at radius 2 is 1.87 bits per heavy atom. The second-order valence-corrected chi connectivity index (χ2v) is 8.59. The lowest BCUT2D eigenvalue weighted by Gasteiger charge is -2.14. The number of hydrogen-bond donors (Lipinski definition) is 2. The number of methoxy groups -OCH3 is 2. The molecule has 0 amide bonds. The Bertz CT molecular complexity index is 1160. The maximum atomic E-state index is 5.51. The number of rotatable bonds is 8. The van der Waals surface area contributed by atoms with Crippen molar-refractivity contribution in [3.63, 3.8) is 0 Å². The Hall–Kier alpha value is -2.77. The molecule has 0 spiro atoms. The van der Waals surface area contributed by atoms with E-state index in [9.17, 15) is 0 Å². The van der Waals surface area contributed by atoms with Gasteiger partial charge in [-0.15, -0.1) is 11.3 Å². The number of nitrogens with one attached hydrogen (secondary N) is 2. The van der Waals surface area contributed by atoms with E-state index in [-0.39, 0.29) is 0 Å². The highest BCUT2D eigenvalue weighted by Crippen LogP contribution is 2.30. The van der Waals surface area contributed by atoms with E-state index in [1.807, 2.05) is 30.5 Å². The molecule has 2 heterocycles. The molecule has 2 N–H and O–H groups in total. The van der Waals surface area contributed by atoms with Gasteiger partial charge in [0.05, 0.1) is 14.2 Å². The molecule has 2 aromatic heterocycles. The quantitative estimate of drug-likeness (QED) is 0.308. The number of aromatic nitrogens is 1. The number of benzene rings is 2. The maximum absolute atomic E-state index is 5.51. The monoisotopic (exact) mass is 483 g/mol. The highest BCUT2D eigenvalue weighted by atomic mass is 79.9. The van der Waals surface area contributed by atoms with Crippen LogP contribution in [0.1, 0.15) is 10.4 Å². The minimum Gasteiger partial charge on any atom is -0.497 e. The van der Waals surface area contributed by atoms with Gasteiger partial charge in [0, 0.05) is 62.1 Å². The topological polar surface area (TPSA) is 55.4 Å². The zero-order valence-electron chi connectivity index (χ0n) is 16.7. The Labute approximate surface area is 188 Å². The zero-order chi connectivity index (χ0) is 20.9. The lowest BCUT2D eigenvalue weighted by molar-refractivity contribution is 0.391. The van der Waals surface area contributed by atoms with E-state index in [2.05, 4.69) is 61.2 Å². The van der Waals surface area contributed by atoms with Crippen LogP contribution in [0.5, 0.6) is 11.5 Å². The van der Waals surface area contributed by atoms with Crippen LogP contribution in [0.25, 0.3) is 10.8 Å².